The number of hydrogen-bond donors (Lipinski definition) is 3. The monoisotopic (exact) mass is 486 g/mol. The first kappa shape index (κ1) is 25.9. The van der Waals surface area contributed by atoms with Gasteiger partial charge in [0.05, 0.1) is 31.3 Å². The molecule has 4 unspecified atom stereocenters. The van der Waals surface area contributed by atoms with Gasteiger partial charge in [0.1, 0.15) is 23.8 Å². The zero-order valence-corrected chi connectivity index (χ0v) is 19.0. The van der Waals surface area contributed by atoms with Crippen molar-refractivity contribution in [2.24, 2.45) is 5.92 Å². The van der Waals surface area contributed by atoms with Crippen LogP contribution in [-0.2, 0) is 9.53 Å². The average Bonchev–Trinajstić information content (AvgIpc) is 3.07. The number of carbonyl (C=O) groups excluding carboxylic acids is 1. The number of alkyl halides is 3. The second-order valence-electron chi connectivity index (χ2n) is 8.41. The van der Waals surface area contributed by atoms with Crippen LogP contribution in [0.3, 0.4) is 0 Å². The van der Waals surface area contributed by atoms with Gasteiger partial charge in [-0.25, -0.2) is 4.39 Å². The van der Waals surface area contributed by atoms with E-state index in [-0.39, 0.29) is 28.3 Å². The van der Waals surface area contributed by atoms with Crippen LogP contribution in [0.15, 0.2) is 30.5 Å². The third-order valence-electron chi connectivity index (χ3n) is 6.43. The molecule has 0 radical (unpaired) electrons. The average molecular weight is 486 g/mol. The Bertz CT molecular complexity index is 1050. The summed E-state index contributed by atoms with van der Waals surface area (Å²) in [6, 6.07) is 5.17. The summed E-state index contributed by atoms with van der Waals surface area (Å²) in [4.78, 5) is 17.1. The molecule has 5 atom stereocenters. The molecule has 1 fully saturated rings. The van der Waals surface area contributed by atoms with Crippen LogP contribution < -0.4 is 10.1 Å². The number of carbonyl (C=O) groups is 1. The fraction of sp³-hybridized carbons (Fsp3) is 0.478. The Morgan fingerprint density at radius 1 is 1.32 bits per heavy atom. The third kappa shape index (κ3) is 4.47. The van der Waals surface area contributed by atoms with Gasteiger partial charge in [-0.1, -0.05) is 13.0 Å². The highest BCUT2D eigenvalue weighted by Gasteiger charge is 2.65. The molecule has 0 bridgehead atoms. The van der Waals surface area contributed by atoms with Crippen molar-refractivity contribution in [3.8, 4) is 5.75 Å². The maximum absolute atomic E-state index is 14.1. The maximum atomic E-state index is 14.1. The van der Waals surface area contributed by atoms with E-state index in [1.54, 1.807) is 0 Å². The van der Waals surface area contributed by atoms with E-state index in [9.17, 15) is 27.5 Å². The topological polar surface area (TPSA) is 101 Å². The summed E-state index contributed by atoms with van der Waals surface area (Å²) in [5.74, 6) is -3.73. The van der Waals surface area contributed by atoms with E-state index < -0.39 is 54.2 Å². The number of hydrogen-bond acceptors (Lipinski definition) is 6. The smallest absolute Gasteiger partial charge is 0.417 e. The van der Waals surface area contributed by atoms with Crippen LogP contribution >= 0.6 is 0 Å². The lowest BCUT2D eigenvalue weighted by atomic mass is 9.76. The second-order valence-corrected chi connectivity index (χ2v) is 8.41. The highest BCUT2D eigenvalue weighted by molar-refractivity contribution is 5.95. The molecule has 1 aliphatic heterocycles. The second kappa shape index (κ2) is 9.47. The molecule has 11 heteroatoms. The first-order valence-corrected chi connectivity index (χ1v) is 10.5. The number of nitrogens with one attached hydrogen (secondary N) is 1. The van der Waals surface area contributed by atoms with Crippen molar-refractivity contribution in [2.75, 3.05) is 19.0 Å². The summed E-state index contributed by atoms with van der Waals surface area (Å²) in [5.41, 5.74) is -2.02. The predicted molar refractivity (Wildman–Crippen MR) is 114 cm³/mol. The Hall–Kier alpha value is -2.76. The molecular formula is C23H26F4N2O5. The number of anilines is 1. The van der Waals surface area contributed by atoms with Gasteiger partial charge in [-0.15, -0.1) is 0 Å². The highest BCUT2D eigenvalue weighted by atomic mass is 19.4. The van der Waals surface area contributed by atoms with Gasteiger partial charge in [0, 0.05) is 23.0 Å². The van der Waals surface area contributed by atoms with E-state index in [1.165, 1.54) is 45.4 Å². The van der Waals surface area contributed by atoms with Gasteiger partial charge in [0.2, 0.25) is 0 Å². The zero-order chi connectivity index (χ0) is 25.4. The summed E-state index contributed by atoms with van der Waals surface area (Å²) in [6.45, 7) is 3.09. The van der Waals surface area contributed by atoms with Crippen molar-refractivity contribution in [2.45, 2.75) is 50.7 Å². The van der Waals surface area contributed by atoms with E-state index in [0.29, 0.717) is 0 Å². The first-order valence-electron chi connectivity index (χ1n) is 10.5. The molecule has 0 saturated carbocycles. The molecule has 1 aromatic carbocycles. The molecule has 0 aliphatic carbocycles. The molecule has 1 aromatic heterocycles. The quantitative estimate of drug-likeness (QED) is 0.539. The SMILES string of the molecule is COc1c(C2C(C(=O)Nc3ccc([C@@H](O)CO)nc3)OC(C)(C(F)(F)F)C2C)ccc(F)c1C. The van der Waals surface area contributed by atoms with E-state index in [1.807, 2.05) is 0 Å². The third-order valence-corrected chi connectivity index (χ3v) is 6.43. The van der Waals surface area contributed by atoms with Crippen molar-refractivity contribution in [3.63, 3.8) is 0 Å². The van der Waals surface area contributed by atoms with Crippen LogP contribution in [0.25, 0.3) is 0 Å². The van der Waals surface area contributed by atoms with Gasteiger partial charge < -0.3 is 25.0 Å². The lowest BCUT2D eigenvalue weighted by Crippen LogP contribution is -2.47. The van der Waals surface area contributed by atoms with E-state index in [0.717, 1.165) is 13.0 Å². The van der Waals surface area contributed by atoms with Crippen LogP contribution in [0.4, 0.5) is 23.2 Å². The molecule has 2 aromatic rings. The molecule has 0 spiro atoms. The molecule has 1 aliphatic rings. The molecule has 3 N–H and O–H groups in total. The summed E-state index contributed by atoms with van der Waals surface area (Å²) >= 11 is 0. The number of ether oxygens (including phenoxy) is 2. The Morgan fingerprint density at radius 2 is 2.00 bits per heavy atom. The van der Waals surface area contributed by atoms with Gasteiger partial charge in [-0.3, -0.25) is 9.78 Å². The molecule has 2 heterocycles. The van der Waals surface area contributed by atoms with Crippen molar-refractivity contribution in [1.82, 2.24) is 4.98 Å². The van der Waals surface area contributed by atoms with E-state index >= 15 is 0 Å². The minimum absolute atomic E-state index is 0.0497. The summed E-state index contributed by atoms with van der Waals surface area (Å²) in [5, 5.41) is 21.1. The summed E-state index contributed by atoms with van der Waals surface area (Å²) < 4.78 is 66.9. The minimum atomic E-state index is -4.79. The lowest BCUT2D eigenvalue weighted by molar-refractivity contribution is -0.272. The van der Waals surface area contributed by atoms with Crippen molar-refractivity contribution in [3.05, 3.63) is 53.1 Å². The van der Waals surface area contributed by atoms with Gasteiger partial charge in [-0.05, 0) is 32.0 Å². The Morgan fingerprint density at radius 3 is 2.53 bits per heavy atom. The van der Waals surface area contributed by atoms with Crippen molar-refractivity contribution in [1.29, 1.82) is 0 Å². The number of amides is 1. The van der Waals surface area contributed by atoms with Crippen molar-refractivity contribution < 1.29 is 42.0 Å². The largest absolute Gasteiger partial charge is 0.496 e. The minimum Gasteiger partial charge on any atom is -0.496 e. The maximum Gasteiger partial charge on any atom is 0.417 e. The van der Waals surface area contributed by atoms with Crippen LogP contribution in [-0.4, -0.2) is 52.7 Å². The molecule has 1 amide bonds. The number of benzene rings is 1. The molecule has 3 rings (SSSR count). The highest BCUT2D eigenvalue weighted by Crippen LogP contribution is 2.55. The fourth-order valence-corrected chi connectivity index (χ4v) is 4.23. The number of nitrogens with zero attached hydrogens (tertiary/aromatic N) is 1. The molecular weight excluding hydrogens is 460 g/mol. The van der Waals surface area contributed by atoms with Crippen LogP contribution in [0, 0.1) is 18.7 Å². The number of pyridine rings is 1. The van der Waals surface area contributed by atoms with E-state index in [4.69, 9.17) is 14.6 Å². The lowest BCUT2D eigenvalue weighted by Gasteiger charge is -2.32. The number of methoxy groups -OCH3 is 1. The molecule has 7 nitrogen and oxygen atoms in total. The standard InChI is InChI=1S/C23H26F4N2O5/c1-11-15(24)7-6-14(19(11)33-4)18-12(2)22(3,23(25,26)27)34-20(18)21(32)29-13-5-8-16(28-9-13)17(31)10-30/h5-9,12,17-18,20,30-31H,10H2,1-4H3,(H,29,32)/t12?,17-,18?,20?,22?/m0/s1. The first-order chi connectivity index (χ1) is 15.9. The van der Waals surface area contributed by atoms with Gasteiger partial charge in [-0.2, -0.15) is 13.2 Å². The van der Waals surface area contributed by atoms with Gasteiger partial charge in [0.25, 0.3) is 5.91 Å². The summed E-state index contributed by atoms with van der Waals surface area (Å²) in [6.07, 6.45) is -6.38. The van der Waals surface area contributed by atoms with Crippen LogP contribution in [0.2, 0.25) is 0 Å². The number of aromatic nitrogens is 1. The molecule has 34 heavy (non-hydrogen) atoms. The van der Waals surface area contributed by atoms with E-state index in [2.05, 4.69) is 10.3 Å². The Labute approximate surface area is 193 Å². The predicted octanol–water partition coefficient (Wildman–Crippen LogP) is 3.64. The Balaban J connectivity index is 2.01. The van der Waals surface area contributed by atoms with Crippen LogP contribution in [0.5, 0.6) is 5.75 Å². The number of rotatable bonds is 6. The number of halogens is 4. The fourth-order valence-electron chi connectivity index (χ4n) is 4.23. The molecule has 186 valence electrons. The zero-order valence-electron chi connectivity index (χ0n) is 19.0. The summed E-state index contributed by atoms with van der Waals surface area (Å²) in [7, 11) is 1.28. The van der Waals surface area contributed by atoms with Gasteiger partial charge in [0.15, 0.2) is 5.60 Å². The van der Waals surface area contributed by atoms with Crippen molar-refractivity contribution >= 4 is 11.6 Å². The normalized spacial score (nSPS) is 25.8. The molecule has 1 saturated heterocycles. The number of aliphatic hydroxyl groups is 2. The van der Waals surface area contributed by atoms with Crippen LogP contribution in [0.1, 0.15) is 42.7 Å². The number of aliphatic hydroxyl groups excluding tert-OH is 2. The van der Waals surface area contributed by atoms with Gasteiger partial charge >= 0.3 is 6.18 Å². The Kier molecular flexibility index (Phi) is 7.20.